The Hall–Kier alpha value is -3.47. The average molecular weight is 585 g/mol. The summed E-state index contributed by atoms with van der Waals surface area (Å²) in [7, 11) is 1.57. The Morgan fingerprint density at radius 3 is 2.36 bits per heavy atom. The fraction of sp³-hybridized carbons (Fsp3) is 0.645. The predicted molar refractivity (Wildman–Crippen MR) is 155 cm³/mol. The lowest BCUT2D eigenvalue weighted by Gasteiger charge is -2.34. The van der Waals surface area contributed by atoms with Crippen LogP contribution in [-0.2, 0) is 35.1 Å². The van der Waals surface area contributed by atoms with Gasteiger partial charge in [0.15, 0.2) is 5.78 Å². The quantitative estimate of drug-likeness (QED) is 0.250. The molecular formula is C31H44N4O7. The first-order valence-electron chi connectivity index (χ1n) is 15.2. The molecule has 1 unspecified atom stereocenters. The molecule has 0 bridgehead atoms. The number of rotatable bonds is 12. The SMILES string of the molecule is CC[C@H](C)[C@H]1NC(=O)[C@@H](Cc2ccc(OC)cc2)NC(=O)C(CCCCCC(=O)[C@H]2CO2)NC(=O)[C@@H]2CCCN2C1=O. The second-order valence-electron chi connectivity index (χ2n) is 11.6. The topological polar surface area (TPSA) is 146 Å². The maximum absolute atomic E-state index is 13.8. The summed E-state index contributed by atoms with van der Waals surface area (Å²) in [5.41, 5.74) is 0.805. The lowest BCUT2D eigenvalue weighted by molar-refractivity contribution is -0.144. The number of unbranched alkanes of at least 4 members (excludes halogenated alkanes) is 2. The van der Waals surface area contributed by atoms with Crippen molar-refractivity contribution >= 4 is 29.4 Å². The summed E-state index contributed by atoms with van der Waals surface area (Å²) in [6, 6.07) is 3.87. The van der Waals surface area contributed by atoms with Crippen LogP contribution in [0.15, 0.2) is 24.3 Å². The Morgan fingerprint density at radius 2 is 1.69 bits per heavy atom. The van der Waals surface area contributed by atoms with Gasteiger partial charge in [-0.2, -0.15) is 0 Å². The smallest absolute Gasteiger partial charge is 0.246 e. The molecule has 4 amide bonds. The molecule has 3 fully saturated rings. The monoisotopic (exact) mass is 584 g/mol. The molecule has 1 aromatic carbocycles. The zero-order valence-corrected chi connectivity index (χ0v) is 24.9. The third-order valence-electron chi connectivity index (χ3n) is 8.59. The lowest BCUT2D eigenvalue weighted by Crippen LogP contribution is -2.62. The molecule has 4 rings (SSSR count). The van der Waals surface area contributed by atoms with Crippen molar-refractivity contribution in [3.8, 4) is 5.75 Å². The number of carbonyl (C=O) groups excluding carboxylic acids is 5. The number of ether oxygens (including phenoxy) is 2. The maximum Gasteiger partial charge on any atom is 0.246 e. The first kappa shape index (κ1) is 31.5. The highest BCUT2D eigenvalue weighted by Crippen LogP contribution is 2.23. The van der Waals surface area contributed by atoms with Crippen molar-refractivity contribution < 1.29 is 33.4 Å². The van der Waals surface area contributed by atoms with Crippen LogP contribution in [0.1, 0.15) is 70.8 Å². The van der Waals surface area contributed by atoms with Crippen LogP contribution in [-0.4, -0.2) is 84.8 Å². The number of nitrogens with one attached hydrogen (secondary N) is 3. The second kappa shape index (κ2) is 14.6. The summed E-state index contributed by atoms with van der Waals surface area (Å²) in [4.78, 5) is 68.1. The normalized spacial score (nSPS) is 27.1. The number of Topliss-reactive ketones (excluding diaryl/α,β-unsaturated/α-hetero) is 1. The number of hydrogen-bond acceptors (Lipinski definition) is 7. The van der Waals surface area contributed by atoms with Crippen LogP contribution in [0.2, 0.25) is 0 Å². The van der Waals surface area contributed by atoms with Crippen LogP contribution in [0.5, 0.6) is 5.75 Å². The molecular weight excluding hydrogens is 540 g/mol. The van der Waals surface area contributed by atoms with Crippen LogP contribution in [0.3, 0.4) is 0 Å². The van der Waals surface area contributed by atoms with E-state index >= 15 is 0 Å². The van der Waals surface area contributed by atoms with E-state index in [1.807, 2.05) is 26.0 Å². The minimum atomic E-state index is -0.963. The second-order valence-corrected chi connectivity index (χ2v) is 11.6. The van der Waals surface area contributed by atoms with Crippen molar-refractivity contribution in [1.29, 1.82) is 0 Å². The summed E-state index contributed by atoms with van der Waals surface area (Å²) < 4.78 is 10.3. The van der Waals surface area contributed by atoms with Crippen molar-refractivity contribution in [2.45, 2.75) is 102 Å². The van der Waals surface area contributed by atoms with E-state index in [2.05, 4.69) is 16.0 Å². The number of epoxide rings is 1. The third-order valence-corrected chi connectivity index (χ3v) is 8.59. The number of fused-ring (bicyclic) bond motifs is 1. The number of carbonyl (C=O) groups is 5. The minimum Gasteiger partial charge on any atom is -0.497 e. The number of amides is 4. The molecule has 230 valence electrons. The molecule has 0 radical (unpaired) electrons. The molecule has 0 aromatic heterocycles. The summed E-state index contributed by atoms with van der Waals surface area (Å²) in [5, 5.41) is 8.70. The summed E-state index contributed by atoms with van der Waals surface area (Å²) in [6.07, 6.45) is 4.51. The van der Waals surface area contributed by atoms with Gasteiger partial charge < -0.3 is 30.3 Å². The molecule has 3 saturated heterocycles. The summed E-state index contributed by atoms with van der Waals surface area (Å²) in [6.45, 7) is 4.77. The molecule has 11 heteroatoms. The van der Waals surface area contributed by atoms with Gasteiger partial charge in [-0.05, 0) is 49.3 Å². The fourth-order valence-electron chi connectivity index (χ4n) is 5.65. The largest absolute Gasteiger partial charge is 0.497 e. The van der Waals surface area contributed by atoms with Crippen LogP contribution in [0.25, 0.3) is 0 Å². The highest BCUT2D eigenvalue weighted by atomic mass is 16.6. The summed E-state index contributed by atoms with van der Waals surface area (Å²) in [5.74, 6) is -0.924. The summed E-state index contributed by atoms with van der Waals surface area (Å²) >= 11 is 0. The molecule has 1 aromatic rings. The minimum absolute atomic E-state index is 0.0983. The average Bonchev–Trinajstić information content (AvgIpc) is 3.73. The van der Waals surface area contributed by atoms with Gasteiger partial charge in [-0.25, -0.2) is 0 Å². The van der Waals surface area contributed by atoms with Gasteiger partial charge in [0.25, 0.3) is 0 Å². The van der Waals surface area contributed by atoms with Gasteiger partial charge >= 0.3 is 0 Å². The molecule has 3 aliphatic heterocycles. The Morgan fingerprint density at radius 1 is 1.00 bits per heavy atom. The van der Waals surface area contributed by atoms with Gasteiger partial charge in [0.1, 0.15) is 36.0 Å². The number of hydrogen-bond donors (Lipinski definition) is 3. The van der Waals surface area contributed by atoms with E-state index < -0.39 is 36.0 Å². The van der Waals surface area contributed by atoms with E-state index in [0.717, 1.165) is 5.56 Å². The lowest BCUT2D eigenvalue weighted by atomic mass is 9.95. The molecule has 11 nitrogen and oxygen atoms in total. The molecule has 0 aliphatic carbocycles. The number of nitrogens with zero attached hydrogens (tertiary/aromatic N) is 1. The van der Waals surface area contributed by atoms with Gasteiger partial charge in [-0.15, -0.1) is 0 Å². The molecule has 42 heavy (non-hydrogen) atoms. The van der Waals surface area contributed by atoms with Crippen molar-refractivity contribution in [2.75, 3.05) is 20.3 Å². The molecule has 0 spiro atoms. The first-order valence-corrected chi connectivity index (χ1v) is 15.2. The molecule has 3 heterocycles. The van der Waals surface area contributed by atoms with E-state index in [1.54, 1.807) is 24.1 Å². The highest BCUT2D eigenvalue weighted by molar-refractivity contribution is 5.98. The molecule has 3 aliphatic rings. The van der Waals surface area contributed by atoms with Crippen molar-refractivity contribution in [2.24, 2.45) is 5.92 Å². The Kier molecular flexibility index (Phi) is 11.0. The van der Waals surface area contributed by atoms with Gasteiger partial charge in [0, 0.05) is 19.4 Å². The Labute approximate surface area is 247 Å². The zero-order valence-electron chi connectivity index (χ0n) is 24.9. The van der Waals surface area contributed by atoms with Crippen LogP contribution in [0, 0.1) is 5.92 Å². The van der Waals surface area contributed by atoms with Gasteiger partial charge in [0.05, 0.1) is 13.7 Å². The first-order chi connectivity index (χ1) is 20.2. The Balaban J connectivity index is 1.54. The maximum atomic E-state index is 13.8. The van der Waals surface area contributed by atoms with E-state index in [9.17, 15) is 24.0 Å². The third kappa shape index (κ3) is 8.08. The number of benzene rings is 1. The van der Waals surface area contributed by atoms with E-state index in [-0.39, 0.29) is 36.0 Å². The van der Waals surface area contributed by atoms with Crippen LogP contribution >= 0.6 is 0 Å². The zero-order chi connectivity index (χ0) is 30.2. The fourth-order valence-corrected chi connectivity index (χ4v) is 5.65. The predicted octanol–water partition coefficient (Wildman–Crippen LogP) is 1.66. The number of methoxy groups -OCH3 is 1. The van der Waals surface area contributed by atoms with Crippen molar-refractivity contribution in [1.82, 2.24) is 20.9 Å². The highest BCUT2D eigenvalue weighted by Gasteiger charge is 2.41. The Bertz CT molecular complexity index is 1140. The van der Waals surface area contributed by atoms with E-state index in [1.165, 1.54) is 0 Å². The van der Waals surface area contributed by atoms with E-state index in [4.69, 9.17) is 9.47 Å². The van der Waals surface area contributed by atoms with Gasteiger partial charge in [0.2, 0.25) is 23.6 Å². The van der Waals surface area contributed by atoms with E-state index in [0.29, 0.717) is 70.3 Å². The van der Waals surface area contributed by atoms with Crippen LogP contribution in [0.4, 0.5) is 0 Å². The van der Waals surface area contributed by atoms with Crippen molar-refractivity contribution in [3.05, 3.63) is 29.8 Å². The standard InChI is InChI=1S/C31H44N4O7/c1-4-19(2)27-31(40)35-16-8-10-24(35)30(39)32-22(9-6-5-7-11-25(36)26-18-42-26)28(37)33-23(29(38)34-27)17-20-12-14-21(41-3)15-13-20/h12-15,19,22-24,26-27H,4-11,16-18H2,1-3H3,(H,32,39)(H,33,37)(H,34,38)/t19-,22?,23+,24-,26+,27+/m0/s1. The molecule has 3 N–H and O–H groups in total. The molecule has 0 saturated carbocycles. The van der Waals surface area contributed by atoms with Gasteiger partial charge in [-0.3, -0.25) is 24.0 Å². The van der Waals surface area contributed by atoms with Gasteiger partial charge in [-0.1, -0.05) is 45.2 Å². The van der Waals surface area contributed by atoms with Crippen LogP contribution < -0.4 is 20.7 Å². The van der Waals surface area contributed by atoms with Crippen molar-refractivity contribution in [3.63, 3.8) is 0 Å². The number of ketones is 1. The molecule has 6 atom stereocenters.